The maximum atomic E-state index is 13.2. The summed E-state index contributed by atoms with van der Waals surface area (Å²) in [7, 11) is -5.83. The average molecular weight is 379 g/mol. The van der Waals surface area contributed by atoms with Crippen LogP contribution >= 0.6 is 0 Å². The highest BCUT2D eigenvalue weighted by Crippen LogP contribution is 2.30. The minimum atomic E-state index is -3.93. The van der Waals surface area contributed by atoms with Gasteiger partial charge < -0.3 is 4.74 Å². The number of sulfonamides is 1. The first-order valence-electron chi connectivity index (χ1n) is 7.48. The van der Waals surface area contributed by atoms with Crippen LogP contribution < -0.4 is 9.04 Å². The Bertz CT molecular complexity index is 981. The molecule has 25 heavy (non-hydrogen) atoms. The van der Waals surface area contributed by atoms with Gasteiger partial charge in [-0.2, -0.15) is 0 Å². The van der Waals surface area contributed by atoms with E-state index in [1.807, 2.05) is 0 Å². The Morgan fingerprint density at radius 3 is 2.20 bits per heavy atom. The van der Waals surface area contributed by atoms with Gasteiger partial charge in [-0.3, -0.25) is 4.31 Å². The maximum absolute atomic E-state index is 13.2. The molecule has 2 aromatic carbocycles. The fourth-order valence-electron chi connectivity index (χ4n) is 2.65. The molecular weight excluding hydrogens is 362 g/mol. The van der Waals surface area contributed by atoms with E-state index in [9.17, 15) is 16.8 Å². The van der Waals surface area contributed by atoms with E-state index in [2.05, 4.69) is 0 Å². The lowest BCUT2D eigenvalue weighted by atomic mass is 10.2. The minimum absolute atomic E-state index is 0.100. The van der Waals surface area contributed by atoms with Crippen LogP contribution in [0, 0.1) is 0 Å². The van der Waals surface area contributed by atoms with Crippen molar-refractivity contribution in [2.45, 2.75) is 10.9 Å². The molecule has 0 bridgehead atoms. The summed E-state index contributed by atoms with van der Waals surface area (Å²) in [6.07, 6.45) is 1.40. The lowest BCUT2D eigenvalue weighted by molar-refractivity contribution is 0.415. The molecule has 0 saturated carbocycles. The normalized spacial score (nSPS) is 18.8. The molecule has 3 rings (SSSR count). The van der Waals surface area contributed by atoms with Gasteiger partial charge >= 0.3 is 0 Å². The summed E-state index contributed by atoms with van der Waals surface area (Å²) in [5, 5.41) is 1.06. The van der Waals surface area contributed by atoms with Crippen molar-refractivity contribution in [2.75, 3.05) is 17.2 Å². The van der Waals surface area contributed by atoms with Crippen LogP contribution in [-0.4, -0.2) is 35.7 Å². The Morgan fingerprint density at radius 1 is 1.04 bits per heavy atom. The number of rotatable bonds is 5. The summed E-state index contributed by atoms with van der Waals surface area (Å²) in [6, 6.07) is 13.6. The molecule has 1 aliphatic heterocycles. The number of ether oxygens (including phenoxy) is 1. The summed E-state index contributed by atoms with van der Waals surface area (Å²) < 4.78 is 56.2. The third-order valence-electron chi connectivity index (χ3n) is 3.84. The van der Waals surface area contributed by atoms with Crippen molar-refractivity contribution in [3.8, 4) is 5.75 Å². The van der Waals surface area contributed by atoms with Crippen molar-refractivity contribution in [1.29, 1.82) is 0 Å². The van der Waals surface area contributed by atoms with Crippen LogP contribution in [0.25, 0.3) is 0 Å². The Morgan fingerprint density at radius 2 is 1.68 bits per heavy atom. The van der Waals surface area contributed by atoms with Crippen molar-refractivity contribution < 1.29 is 21.6 Å². The molecule has 0 radical (unpaired) electrons. The molecule has 0 amide bonds. The average Bonchev–Trinajstić information content (AvgIpc) is 2.95. The van der Waals surface area contributed by atoms with E-state index in [-0.39, 0.29) is 10.6 Å². The molecule has 6 nitrogen and oxygen atoms in total. The second kappa shape index (κ2) is 6.53. The van der Waals surface area contributed by atoms with Crippen LogP contribution in [0.1, 0.15) is 0 Å². The first kappa shape index (κ1) is 17.5. The fourth-order valence-corrected chi connectivity index (χ4v) is 5.64. The van der Waals surface area contributed by atoms with Gasteiger partial charge in [0.15, 0.2) is 9.84 Å². The van der Waals surface area contributed by atoms with E-state index in [1.165, 1.54) is 25.3 Å². The van der Waals surface area contributed by atoms with E-state index in [4.69, 9.17) is 4.74 Å². The van der Waals surface area contributed by atoms with Gasteiger partial charge in [-0.25, -0.2) is 16.8 Å². The fraction of sp³-hybridized carbons (Fsp3) is 0.176. The van der Waals surface area contributed by atoms with E-state index in [1.54, 1.807) is 42.5 Å². The molecule has 0 saturated heterocycles. The molecule has 0 unspecified atom stereocenters. The van der Waals surface area contributed by atoms with Gasteiger partial charge in [0.2, 0.25) is 0 Å². The zero-order valence-electron chi connectivity index (χ0n) is 13.4. The molecule has 132 valence electrons. The molecule has 0 fully saturated rings. The molecule has 8 heteroatoms. The van der Waals surface area contributed by atoms with Crippen molar-refractivity contribution in [2.24, 2.45) is 0 Å². The third kappa shape index (κ3) is 3.54. The number of benzene rings is 2. The smallest absolute Gasteiger partial charge is 0.264 e. The van der Waals surface area contributed by atoms with Gasteiger partial charge in [-0.15, -0.1) is 0 Å². The van der Waals surface area contributed by atoms with Gasteiger partial charge in [0.1, 0.15) is 5.75 Å². The molecule has 1 atom stereocenters. The van der Waals surface area contributed by atoms with Crippen molar-refractivity contribution in [3.63, 3.8) is 0 Å². The predicted molar refractivity (Wildman–Crippen MR) is 95.8 cm³/mol. The first-order chi connectivity index (χ1) is 11.8. The zero-order chi connectivity index (χ0) is 18.1. The van der Waals surface area contributed by atoms with Gasteiger partial charge in [0, 0.05) is 5.41 Å². The van der Waals surface area contributed by atoms with Crippen LogP contribution in [0.2, 0.25) is 0 Å². The molecule has 2 aromatic rings. The summed E-state index contributed by atoms with van der Waals surface area (Å²) >= 11 is 0. The van der Waals surface area contributed by atoms with Crippen LogP contribution in [-0.2, 0) is 19.9 Å². The second-order valence-electron chi connectivity index (χ2n) is 5.54. The monoisotopic (exact) mass is 379 g/mol. The lowest BCUT2D eigenvalue weighted by Gasteiger charge is -2.29. The molecule has 1 aliphatic rings. The van der Waals surface area contributed by atoms with Crippen LogP contribution in [0.4, 0.5) is 5.69 Å². The quantitative estimate of drug-likeness (QED) is 0.796. The number of hydrogen-bond donors (Lipinski definition) is 0. The Balaban J connectivity index is 2.10. The first-order valence-corrected chi connectivity index (χ1v) is 10.6. The van der Waals surface area contributed by atoms with E-state index < -0.39 is 25.9 Å². The number of hydrogen-bond acceptors (Lipinski definition) is 5. The molecule has 0 aliphatic carbocycles. The second-order valence-corrected chi connectivity index (χ2v) is 9.28. The van der Waals surface area contributed by atoms with Gasteiger partial charge in [-0.05, 0) is 42.5 Å². The molecule has 0 aromatic heterocycles. The molecular formula is C17H17NO5S2. The third-order valence-corrected chi connectivity index (χ3v) is 7.08. The highest BCUT2D eigenvalue weighted by Gasteiger charge is 2.35. The van der Waals surface area contributed by atoms with Gasteiger partial charge in [0.25, 0.3) is 10.0 Å². The molecule has 0 spiro atoms. The Kier molecular flexibility index (Phi) is 4.57. The number of nitrogens with zero attached hydrogens (tertiary/aromatic N) is 1. The SMILES string of the molecule is COc1ccc(N([C@@H]2C=CS(=O)(=O)C2)S(=O)(=O)c2ccccc2)cc1. The number of sulfone groups is 1. The van der Waals surface area contributed by atoms with Crippen LogP contribution in [0.3, 0.4) is 0 Å². The maximum Gasteiger partial charge on any atom is 0.264 e. The van der Waals surface area contributed by atoms with E-state index in [0.717, 1.165) is 9.71 Å². The lowest BCUT2D eigenvalue weighted by Crippen LogP contribution is -2.41. The standard InChI is InChI=1S/C17H17NO5S2/c1-23-16-9-7-14(8-10-16)18(15-11-12-24(19,20)13-15)25(21,22)17-5-3-2-4-6-17/h2-12,15H,13H2,1H3/t15-/m1/s1. The van der Waals surface area contributed by atoms with Gasteiger partial charge in [-0.1, -0.05) is 18.2 Å². The van der Waals surface area contributed by atoms with E-state index in [0.29, 0.717) is 11.4 Å². The topological polar surface area (TPSA) is 80.8 Å². The number of methoxy groups -OCH3 is 1. The highest BCUT2D eigenvalue weighted by atomic mass is 32.2. The summed E-state index contributed by atoms with van der Waals surface area (Å²) in [5.74, 6) is 0.292. The summed E-state index contributed by atoms with van der Waals surface area (Å²) in [5.41, 5.74) is 0.372. The van der Waals surface area contributed by atoms with Crippen LogP contribution in [0.5, 0.6) is 5.75 Å². The zero-order valence-corrected chi connectivity index (χ0v) is 15.1. The number of anilines is 1. The highest BCUT2D eigenvalue weighted by molar-refractivity contribution is 7.95. The summed E-state index contributed by atoms with van der Waals surface area (Å²) in [6.45, 7) is 0. The molecule has 0 N–H and O–H groups in total. The van der Waals surface area contributed by atoms with Crippen molar-refractivity contribution in [3.05, 3.63) is 66.1 Å². The van der Waals surface area contributed by atoms with Gasteiger partial charge in [0.05, 0.1) is 29.5 Å². The van der Waals surface area contributed by atoms with Crippen LogP contribution in [0.15, 0.2) is 71.0 Å². The minimum Gasteiger partial charge on any atom is -0.497 e. The Hall–Kier alpha value is -2.32. The summed E-state index contributed by atoms with van der Waals surface area (Å²) in [4.78, 5) is 0.100. The van der Waals surface area contributed by atoms with E-state index >= 15 is 0 Å². The Labute approximate surface area is 147 Å². The molecule has 1 heterocycles. The largest absolute Gasteiger partial charge is 0.497 e. The van der Waals surface area contributed by atoms with Crippen molar-refractivity contribution >= 4 is 25.5 Å². The van der Waals surface area contributed by atoms with Crippen molar-refractivity contribution in [1.82, 2.24) is 0 Å². The predicted octanol–water partition coefficient (Wildman–Crippen LogP) is 2.20.